The summed E-state index contributed by atoms with van der Waals surface area (Å²) in [6.07, 6.45) is 0. The van der Waals surface area contributed by atoms with Crippen molar-refractivity contribution < 1.29 is 28.7 Å². The Morgan fingerprint density at radius 3 is 2.19 bits per heavy atom. The van der Waals surface area contributed by atoms with Crippen LogP contribution in [0.5, 0.6) is 5.75 Å². The van der Waals surface area contributed by atoms with Gasteiger partial charge in [-0.1, -0.05) is 12.1 Å². The third-order valence-corrected chi connectivity index (χ3v) is 3.45. The molecule has 0 aliphatic rings. The van der Waals surface area contributed by atoms with Gasteiger partial charge in [0.2, 0.25) is 0 Å². The second-order valence-corrected chi connectivity index (χ2v) is 5.11. The lowest BCUT2D eigenvalue weighted by atomic mass is 10.1. The first-order chi connectivity index (χ1) is 12.5. The Bertz CT molecular complexity index is 832. The molecule has 8 heteroatoms. The van der Waals surface area contributed by atoms with Crippen molar-refractivity contribution in [2.75, 3.05) is 13.7 Å². The van der Waals surface area contributed by atoms with Gasteiger partial charge in [-0.3, -0.25) is 10.1 Å². The number of carbonyl (C=O) groups excluding carboxylic acids is 2. The highest BCUT2D eigenvalue weighted by Gasteiger charge is 2.19. The van der Waals surface area contributed by atoms with E-state index < -0.39 is 16.9 Å². The molecular formula is C18H17NO7. The van der Waals surface area contributed by atoms with Gasteiger partial charge in [0.05, 0.1) is 29.8 Å². The van der Waals surface area contributed by atoms with E-state index in [9.17, 15) is 19.7 Å². The van der Waals surface area contributed by atoms with E-state index >= 15 is 0 Å². The van der Waals surface area contributed by atoms with Crippen molar-refractivity contribution in [2.24, 2.45) is 0 Å². The lowest BCUT2D eigenvalue weighted by Gasteiger charge is -2.10. The van der Waals surface area contributed by atoms with E-state index in [4.69, 9.17) is 14.2 Å². The zero-order valence-corrected chi connectivity index (χ0v) is 14.3. The minimum absolute atomic E-state index is 0.0653. The van der Waals surface area contributed by atoms with E-state index in [0.717, 1.165) is 0 Å². The van der Waals surface area contributed by atoms with Crippen LogP contribution in [0.4, 0.5) is 5.69 Å². The fourth-order valence-corrected chi connectivity index (χ4v) is 2.24. The Morgan fingerprint density at radius 2 is 1.65 bits per heavy atom. The number of nitro benzene ring substituents is 1. The van der Waals surface area contributed by atoms with Gasteiger partial charge in [0.1, 0.15) is 6.61 Å². The highest BCUT2D eigenvalue weighted by atomic mass is 16.6. The van der Waals surface area contributed by atoms with E-state index in [-0.39, 0.29) is 35.8 Å². The zero-order chi connectivity index (χ0) is 19.1. The molecule has 0 N–H and O–H groups in total. The van der Waals surface area contributed by atoms with Crippen molar-refractivity contribution >= 4 is 17.6 Å². The van der Waals surface area contributed by atoms with E-state index in [0.29, 0.717) is 5.56 Å². The molecule has 0 aromatic heterocycles. The summed E-state index contributed by atoms with van der Waals surface area (Å²) in [4.78, 5) is 34.6. The SMILES string of the molecule is CCOC(=O)c1ccccc1C(=O)OCc1ccc([N+](=O)[O-])c(OC)c1. The van der Waals surface area contributed by atoms with Gasteiger partial charge in [0.15, 0.2) is 5.75 Å². The highest BCUT2D eigenvalue weighted by Crippen LogP contribution is 2.28. The Hall–Kier alpha value is -3.42. The third kappa shape index (κ3) is 4.35. The van der Waals surface area contributed by atoms with Gasteiger partial charge in [0.25, 0.3) is 0 Å². The third-order valence-electron chi connectivity index (χ3n) is 3.45. The van der Waals surface area contributed by atoms with Crippen molar-refractivity contribution in [3.63, 3.8) is 0 Å². The van der Waals surface area contributed by atoms with E-state index in [1.807, 2.05) is 0 Å². The van der Waals surface area contributed by atoms with Gasteiger partial charge in [-0.2, -0.15) is 0 Å². The molecule has 2 aromatic carbocycles. The molecular weight excluding hydrogens is 342 g/mol. The van der Waals surface area contributed by atoms with E-state index in [2.05, 4.69) is 0 Å². The van der Waals surface area contributed by atoms with Crippen molar-refractivity contribution in [3.8, 4) is 5.75 Å². The molecule has 0 unspecified atom stereocenters. The van der Waals surface area contributed by atoms with Gasteiger partial charge in [-0.25, -0.2) is 9.59 Å². The molecule has 0 bridgehead atoms. The second kappa shape index (κ2) is 8.61. The van der Waals surface area contributed by atoms with Gasteiger partial charge in [0, 0.05) is 6.07 Å². The molecule has 0 fully saturated rings. The number of benzene rings is 2. The number of hydrogen-bond acceptors (Lipinski definition) is 7. The van der Waals surface area contributed by atoms with Crippen LogP contribution in [0.2, 0.25) is 0 Å². The molecule has 136 valence electrons. The van der Waals surface area contributed by atoms with Crippen molar-refractivity contribution in [2.45, 2.75) is 13.5 Å². The van der Waals surface area contributed by atoms with E-state index in [1.165, 1.54) is 37.4 Å². The number of nitrogens with zero attached hydrogens (tertiary/aromatic N) is 1. The van der Waals surface area contributed by atoms with Crippen LogP contribution in [0.3, 0.4) is 0 Å². The van der Waals surface area contributed by atoms with Crippen LogP contribution in [-0.2, 0) is 16.1 Å². The summed E-state index contributed by atoms with van der Waals surface area (Å²) in [5.41, 5.74) is 0.519. The lowest BCUT2D eigenvalue weighted by molar-refractivity contribution is -0.385. The molecule has 8 nitrogen and oxygen atoms in total. The number of ether oxygens (including phenoxy) is 3. The maximum atomic E-state index is 12.3. The number of hydrogen-bond donors (Lipinski definition) is 0. The molecule has 0 atom stereocenters. The molecule has 0 spiro atoms. The lowest BCUT2D eigenvalue weighted by Crippen LogP contribution is -2.14. The molecule has 0 aliphatic heterocycles. The molecule has 0 saturated carbocycles. The maximum absolute atomic E-state index is 12.3. The van der Waals surface area contributed by atoms with Crippen LogP contribution >= 0.6 is 0 Å². The molecule has 0 aliphatic carbocycles. The highest BCUT2D eigenvalue weighted by molar-refractivity contribution is 6.03. The molecule has 0 saturated heterocycles. The van der Waals surface area contributed by atoms with Gasteiger partial charge in [-0.15, -0.1) is 0 Å². The van der Waals surface area contributed by atoms with Gasteiger partial charge < -0.3 is 14.2 Å². The minimum atomic E-state index is -0.703. The van der Waals surface area contributed by atoms with Crippen LogP contribution in [0.15, 0.2) is 42.5 Å². The average molecular weight is 359 g/mol. The molecule has 0 heterocycles. The van der Waals surface area contributed by atoms with Crippen LogP contribution in [-0.4, -0.2) is 30.6 Å². The van der Waals surface area contributed by atoms with Crippen molar-refractivity contribution in [3.05, 3.63) is 69.3 Å². The Balaban J connectivity index is 2.15. The predicted molar refractivity (Wildman–Crippen MR) is 91.2 cm³/mol. The summed E-state index contributed by atoms with van der Waals surface area (Å²) in [7, 11) is 1.31. The number of methoxy groups -OCH3 is 1. The molecule has 26 heavy (non-hydrogen) atoms. The average Bonchev–Trinajstić information content (AvgIpc) is 2.65. The van der Waals surface area contributed by atoms with E-state index in [1.54, 1.807) is 19.1 Å². The Morgan fingerprint density at radius 1 is 1.04 bits per heavy atom. The smallest absolute Gasteiger partial charge is 0.339 e. The fraction of sp³-hybridized carbons (Fsp3) is 0.222. The maximum Gasteiger partial charge on any atom is 0.339 e. The number of nitro groups is 1. The summed E-state index contributed by atoms with van der Waals surface area (Å²) in [6, 6.07) is 10.3. The first kappa shape index (κ1) is 18.9. The first-order valence-electron chi connectivity index (χ1n) is 7.72. The molecule has 2 aromatic rings. The Kier molecular flexibility index (Phi) is 6.26. The minimum Gasteiger partial charge on any atom is -0.490 e. The molecule has 0 amide bonds. The fourth-order valence-electron chi connectivity index (χ4n) is 2.24. The number of carbonyl (C=O) groups is 2. The number of esters is 2. The van der Waals surface area contributed by atoms with Gasteiger partial charge >= 0.3 is 17.6 Å². The standard InChI is InChI=1S/C18H17NO7/c1-3-25-17(20)13-6-4-5-7-14(13)18(21)26-11-12-8-9-15(19(22)23)16(10-12)24-2/h4-10H,3,11H2,1-2H3. The quantitative estimate of drug-likeness (QED) is 0.425. The summed E-state index contributed by atoms with van der Waals surface area (Å²) < 4.78 is 15.1. The molecule has 0 radical (unpaired) electrons. The summed E-state index contributed by atoms with van der Waals surface area (Å²) in [5.74, 6) is -1.25. The predicted octanol–water partition coefficient (Wildman–Crippen LogP) is 3.14. The zero-order valence-electron chi connectivity index (χ0n) is 14.3. The Labute approximate surface area is 149 Å². The van der Waals surface area contributed by atoms with Crippen LogP contribution in [0.25, 0.3) is 0 Å². The van der Waals surface area contributed by atoms with Gasteiger partial charge in [-0.05, 0) is 36.8 Å². The summed E-state index contributed by atoms with van der Waals surface area (Å²) in [6.45, 7) is 1.72. The van der Waals surface area contributed by atoms with Crippen LogP contribution < -0.4 is 4.74 Å². The monoisotopic (exact) mass is 359 g/mol. The second-order valence-electron chi connectivity index (χ2n) is 5.11. The summed E-state index contributed by atoms with van der Waals surface area (Å²) in [5, 5.41) is 10.9. The van der Waals surface area contributed by atoms with Crippen molar-refractivity contribution in [1.82, 2.24) is 0 Å². The van der Waals surface area contributed by atoms with Crippen LogP contribution in [0.1, 0.15) is 33.2 Å². The van der Waals surface area contributed by atoms with Crippen molar-refractivity contribution in [1.29, 1.82) is 0 Å². The first-order valence-corrected chi connectivity index (χ1v) is 7.72. The normalized spacial score (nSPS) is 10.1. The summed E-state index contributed by atoms with van der Waals surface area (Å²) >= 11 is 0. The van der Waals surface area contributed by atoms with Crippen LogP contribution in [0, 0.1) is 10.1 Å². The number of rotatable bonds is 7. The topological polar surface area (TPSA) is 105 Å². The molecule has 2 rings (SSSR count). The largest absolute Gasteiger partial charge is 0.490 e.